The van der Waals surface area contributed by atoms with E-state index in [1.165, 1.54) is 13.2 Å². The van der Waals surface area contributed by atoms with Crippen molar-refractivity contribution in [2.75, 3.05) is 7.11 Å². The topological polar surface area (TPSA) is 60.0 Å². The third-order valence-electron chi connectivity index (χ3n) is 1.98. The summed E-state index contributed by atoms with van der Waals surface area (Å²) in [5.41, 5.74) is 0.376. The molecule has 1 N–H and O–H groups in total. The standard InChI is InChI=1S/C10H10FN3O2/c1-15-10-4-7(8(11)5-12-10)6-16-9-2-3-13-14-9/h2-5H,6H2,1H3,(H,13,14). The number of halogens is 1. The summed E-state index contributed by atoms with van der Waals surface area (Å²) in [5, 5.41) is 6.32. The lowest BCUT2D eigenvalue weighted by atomic mass is 10.3. The lowest BCUT2D eigenvalue weighted by Crippen LogP contribution is -2.00. The molecule has 0 spiro atoms. The van der Waals surface area contributed by atoms with E-state index in [1.54, 1.807) is 12.3 Å². The van der Waals surface area contributed by atoms with Crippen LogP contribution in [0, 0.1) is 5.82 Å². The van der Waals surface area contributed by atoms with Crippen LogP contribution in [0.15, 0.2) is 24.5 Å². The zero-order valence-electron chi connectivity index (χ0n) is 8.61. The van der Waals surface area contributed by atoms with Crippen molar-refractivity contribution < 1.29 is 13.9 Å². The van der Waals surface area contributed by atoms with Gasteiger partial charge in [0, 0.05) is 17.7 Å². The molecule has 0 aromatic carbocycles. The zero-order valence-corrected chi connectivity index (χ0v) is 8.61. The van der Waals surface area contributed by atoms with Gasteiger partial charge in [0.05, 0.1) is 19.5 Å². The second-order valence-electron chi connectivity index (χ2n) is 3.03. The van der Waals surface area contributed by atoms with Crippen molar-refractivity contribution >= 4 is 0 Å². The number of hydrogen-bond acceptors (Lipinski definition) is 4. The Balaban J connectivity index is 2.08. The lowest BCUT2D eigenvalue weighted by molar-refractivity contribution is 0.285. The number of rotatable bonds is 4. The molecule has 0 saturated heterocycles. The maximum Gasteiger partial charge on any atom is 0.213 e. The van der Waals surface area contributed by atoms with Gasteiger partial charge in [-0.3, -0.25) is 0 Å². The van der Waals surface area contributed by atoms with Crippen LogP contribution in [0.5, 0.6) is 11.8 Å². The fourth-order valence-electron chi connectivity index (χ4n) is 1.16. The Morgan fingerprint density at radius 3 is 3.06 bits per heavy atom. The molecule has 2 aromatic rings. The highest BCUT2D eigenvalue weighted by molar-refractivity contribution is 5.22. The van der Waals surface area contributed by atoms with Crippen LogP contribution in [0.1, 0.15) is 5.56 Å². The second-order valence-corrected chi connectivity index (χ2v) is 3.03. The molecule has 84 valence electrons. The van der Waals surface area contributed by atoms with Crippen LogP contribution in [0.3, 0.4) is 0 Å². The fourth-order valence-corrected chi connectivity index (χ4v) is 1.16. The molecule has 16 heavy (non-hydrogen) atoms. The third-order valence-corrected chi connectivity index (χ3v) is 1.98. The monoisotopic (exact) mass is 223 g/mol. The molecule has 6 heteroatoms. The molecule has 0 aliphatic rings. The molecule has 0 amide bonds. The molecule has 0 unspecified atom stereocenters. The lowest BCUT2D eigenvalue weighted by Gasteiger charge is -2.06. The molecule has 0 bridgehead atoms. The van der Waals surface area contributed by atoms with E-state index in [1.807, 2.05) is 0 Å². The Bertz CT molecular complexity index is 459. The number of methoxy groups -OCH3 is 1. The highest BCUT2D eigenvalue weighted by atomic mass is 19.1. The second kappa shape index (κ2) is 4.61. The number of nitrogens with zero attached hydrogens (tertiary/aromatic N) is 2. The molecular weight excluding hydrogens is 213 g/mol. The number of pyridine rings is 1. The third kappa shape index (κ3) is 2.28. The van der Waals surface area contributed by atoms with Crippen LogP contribution in [0.25, 0.3) is 0 Å². The van der Waals surface area contributed by atoms with Crippen molar-refractivity contribution in [2.45, 2.75) is 6.61 Å². The van der Waals surface area contributed by atoms with E-state index in [4.69, 9.17) is 9.47 Å². The minimum atomic E-state index is -0.430. The summed E-state index contributed by atoms with van der Waals surface area (Å²) in [6.07, 6.45) is 2.66. The zero-order chi connectivity index (χ0) is 11.4. The highest BCUT2D eigenvalue weighted by Gasteiger charge is 2.06. The molecule has 0 saturated carbocycles. The van der Waals surface area contributed by atoms with Crippen molar-refractivity contribution in [3.8, 4) is 11.8 Å². The predicted octanol–water partition coefficient (Wildman–Crippen LogP) is 1.53. The number of aromatic nitrogens is 3. The molecule has 0 aliphatic heterocycles. The van der Waals surface area contributed by atoms with E-state index in [2.05, 4.69) is 15.2 Å². The van der Waals surface area contributed by atoms with Crippen molar-refractivity contribution in [1.29, 1.82) is 0 Å². The van der Waals surface area contributed by atoms with Crippen LogP contribution >= 0.6 is 0 Å². The molecule has 2 aromatic heterocycles. The number of hydrogen-bond donors (Lipinski definition) is 1. The van der Waals surface area contributed by atoms with Gasteiger partial charge in [0.15, 0.2) is 0 Å². The molecule has 2 rings (SSSR count). The van der Waals surface area contributed by atoms with Gasteiger partial charge in [-0.05, 0) is 0 Å². The number of nitrogens with one attached hydrogen (secondary N) is 1. The molecular formula is C10H10FN3O2. The van der Waals surface area contributed by atoms with Gasteiger partial charge < -0.3 is 9.47 Å². The summed E-state index contributed by atoms with van der Waals surface area (Å²) in [6, 6.07) is 3.14. The van der Waals surface area contributed by atoms with Crippen LogP contribution < -0.4 is 9.47 Å². The van der Waals surface area contributed by atoms with Gasteiger partial charge in [0.2, 0.25) is 11.8 Å². The average molecular weight is 223 g/mol. The van der Waals surface area contributed by atoms with Gasteiger partial charge in [0.25, 0.3) is 0 Å². The largest absolute Gasteiger partial charge is 0.481 e. The van der Waals surface area contributed by atoms with Gasteiger partial charge >= 0.3 is 0 Å². The molecule has 2 heterocycles. The smallest absolute Gasteiger partial charge is 0.213 e. The van der Waals surface area contributed by atoms with Gasteiger partial charge in [-0.25, -0.2) is 14.5 Å². The Hall–Kier alpha value is -2.11. The summed E-state index contributed by atoms with van der Waals surface area (Å²) in [5.74, 6) is 0.403. The first-order valence-corrected chi connectivity index (χ1v) is 4.60. The summed E-state index contributed by atoms with van der Waals surface area (Å²) in [4.78, 5) is 3.73. The fraction of sp³-hybridized carbons (Fsp3) is 0.200. The first kappa shape index (κ1) is 10.4. The molecule has 0 atom stereocenters. The van der Waals surface area contributed by atoms with E-state index in [9.17, 15) is 4.39 Å². The Kier molecular flexibility index (Phi) is 3.00. The number of ether oxygens (including phenoxy) is 2. The van der Waals surface area contributed by atoms with Gasteiger partial charge in [-0.2, -0.15) is 5.10 Å². The van der Waals surface area contributed by atoms with Crippen LogP contribution in [0.2, 0.25) is 0 Å². The van der Waals surface area contributed by atoms with E-state index in [-0.39, 0.29) is 6.61 Å². The minimum absolute atomic E-state index is 0.0902. The highest BCUT2D eigenvalue weighted by Crippen LogP contribution is 2.15. The van der Waals surface area contributed by atoms with Crippen molar-refractivity contribution in [2.24, 2.45) is 0 Å². The Morgan fingerprint density at radius 1 is 1.50 bits per heavy atom. The molecule has 0 aliphatic carbocycles. The van der Waals surface area contributed by atoms with Crippen molar-refractivity contribution in [1.82, 2.24) is 15.2 Å². The molecule has 5 nitrogen and oxygen atoms in total. The van der Waals surface area contributed by atoms with Crippen LogP contribution in [-0.2, 0) is 6.61 Å². The molecule has 0 fully saturated rings. The number of H-pyrrole nitrogens is 1. The van der Waals surface area contributed by atoms with Gasteiger partial charge in [0.1, 0.15) is 12.4 Å². The van der Waals surface area contributed by atoms with Crippen LogP contribution in [0.4, 0.5) is 4.39 Å². The van der Waals surface area contributed by atoms with E-state index in [0.717, 1.165) is 6.20 Å². The van der Waals surface area contributed by atoms with E-state index < -0.39 is 5.82 Å². The first-order valence-electron chi connectivity index (χ1n) is 4.60. The Morgan fingerprint density at radius 2 is 2.38 bits per heavy atom. The average Bonchev–Trinajstić information content (AvgIpc) is 2.81. The predicted molar refractivity (Wildman–Crippen MR) is 53.7 cm³/mol. The van der Waals surface area contributed by atoms with Gasteiger partial charge in [-0.1, -0.05) is 0 Å². The maximum atomic E-state index is 13.3. The van der Waals surface area contributed by atoms with Crippen molar-refractivity contribution in [3.63, 3.8) is 0 Å². The maximum absolute atomic E-state index is 13.3. The minimum Gasteiger partial charge on any atom is -0.481 e. The Labute approximate surface area is 91.2 Å². The van der Waals surface area contributed by atoms with Crippen LogP contribution in [-0.4, -0.2) is 22.3 Å². The van der Waals surface area contributed by atoms with E-state index in [0.29, 0.717) is 17.3 Å². The van der Waals surface area contributed by atoms with Crippen molar-refractivity contribution in [3.05, 3.63) is 35.9 Å². The summed E-state index contributed by atoms with van der Waals surface area (Å²) in [6.45, 7) is 0.0902. The quantitative estimate of drug-likeness (QED) is 0.853. The summed E-state index contributed by atoms with van der Waals surface area (Å²) >= 11 is 0. The number of aromatic amines is 1. The van der Waals surface area contributed by atoms with Gasteiger partial charge in [-0.15, -0.1) is 0 Å². The summed E-state index contributed by atoms with van der Waals surface area (Å²) in [7, 11) is 1.47. The summed E-state index contributed by atoms with van der Waals surface area (Å²) < 4.78 is 23.5. The normalized spacial score (nSPS) is 10.1. The first-order chi connectivity index (χ1) is 7.79. The SMILES string of the molecule is COc1cc(COc2ccn[nH]2)c(F)cn1. The molecule has 0 radical (unpaired) electrons. The van der Waals surface area contributed by atoms with E-state index >= 15 is 0 Å².